The van der Waals surface area contributed by atoms with Crippen LogP contribution in [0.4, 0.5) is 11.4 Å². The summed E-state index contributed by atoms with van der Waals surface area (Å²) in [5.41, 5.74) is 6.16. The first kappa shape index (κ1) is 28.1. The summed E-state index contributed by atoms with van der Waals surface area (Å²) in [6, 6.07) is 20.5. The normalized spacial score (nSPS) is 14.6. The van der Waals surface area contributed by atoms with E-state index in [1.807, 2.05) is 48.6 Å². The molecule has 0 bridgehead atoms. The quantitative estimate of drug-likeness (QED) is 0.0920. The van der Waals surface area contributed by atoms with Gasteiger partial charge in [-0.1, -0.05) is 48.9 Å². The van der Waals surface area contributed by atoms with Gasteiger partial charge in [-0.2, -0.15) is 0 Å². The maximum atomic E-state index is 11.6. The van der Waals surface area contributed by atoms with Gasteiger partial charge in [0.15, 0.2) is 5.88 Å². The lowest BCUT2D eigenvalue weighted by molar-refractivity contribution is -0.384. The number of H-pyrrole nitrogens is 2. The summed E-state index contributed by atoms with van der Waals surface area (Å²) >= 11 is 0. The van der Waals surface area contributed by atoms with Gasteiger partial charge in [-0.15, -0.1) is 0 Å². The largest absolute Gasteiger partial charge is 0.494 e. The fourth-order valence-corrected chi connectivity index (χ4v) is 5.64. The first-order valence-corrected chi connectivity index (χ1v) is 14.7. The van der Waals surface area contributed by atoms with Crippen LogP contribution in [0.2, 0.25) is 0 Å². The fraction of sp³-hybridized carbons (Fsp3) is 0.235. The zero-order valence-electron chi connectivity index (χ0n) is 23.9. The van der Waals surface area contributed by atoms with Crippen LogP contribution in [0.1, 0.15) is 53.6 Å². The third-order valence-electron chi connectivity index (χ3n) is 7.93. The Bertz CT molecular complexity index is 1750. The number of aliphatic imine (C=N–C) groups is 1. The number of aromatic hydroxyl groups is 1. The molecule has 2 aromatic heterocycles. The Kier molecular flexibility index (Phi) is 8.42. The smallest absolute Gasteiger partial charge is 0.270 e. The van der Waals surface area contributed by atoms with Crippen molar-refractivity contribution in [2.75, 3.05) is 19.6 Å². The highest BCUT2D eigenvalue weighted by Crippen LogP contribution is 2.34. The predicted molar refractivity (Wildman–Crippen MR) is 171 cm³/mol. The second-order valence-electron chi connectivity index (χ2n) is 10.9. The van der Waals surface area contributed by atoms with Crippen LogP contribution < -0.4 is 0 Å². The van der Waals surface area contributed by atoms with Gasteiger partial charge in [-0.05, 0) is 80.7 Å². The molecule has 218 valence electrons. The number of hydrogen-bond acceptors (Lipinski definition) is 6. The minimum Gasteiger partial charge on any atom is -0.494 e. The number of piperidine rings is 1. The van der Waals surface area contributed by atoms with Crippen molar-refractivity contribution in [3.63, 3.8) is 0 Å². The summed E-state index contributed by atoms with van der Waals surface area (Å²) in [6.45, 7) is 3.52. The van der Waals surface area contributed by atoms with Crippen LogP contribution in [0, 0.1) is 10.1 Å². The second-order valence-corrected chi connectivity index (χ2v) is 10.9. The lowest BCUT2D eigenvalue weighted by atomic mass is 9.98. The standard InChI is InChI=1S/C34H34N6O3/c41-34-32(30-21-29(40(42)43)16-17-31(30)38-34)33(37-27-13-8-25(9-14-27)10-15-28-22-35-23-36-28)26-11-6-24(7-12-26)5-4-20-39-18-2-1-3-19-39/h6-17,21-23,38,41H,1-5,18-20H2,(H,35,36). The van der Waals surface area contributed by atoms with E-state index >= 15 is 0 Å². The molecule has 0 aliphatic carbocycles. The highest BCUT2D eigenvalue weighted by atomic mass is 16.6. The molecule has 3 N–H and O–H groups in total. The van der Waals surface area contributed by atoms with Crippen molar-refractivity contribution in [1.82, 2.24) is 19.9 Å². The van der Waals surface area contributed by atoms with E-state index in [9.17, 15) is 15.2 Å². The molecule has 3 heterocycles. The highest BCUT2D eigenvalue weighted by Gasteiger charge is 2.21. The van der Waals surface area contributed by atoms with E-state index in [-0.39, 0.29) is 11.6 Å². The number of imidazole rings is 1. The van der Waals surface area contributed by atoms with E-state index < -0.39 is 4.92 Å². The molecule has 1 aliphatic heterocycles. The third-order valence-corrected chi connectivity index (χ3v) is 7.93. The van der Waals surface area contributed by atoms with Crippen LogP contribution in [0.3, 0.4) is 0 Å². The second kappa shape index (κ2) is 12.9. The van der Waals surface area contributed by atoms with E-state index in [1.165, 1.54) is 50.0 Å². The molecule has 1 fully saturated rings. The molecule has 0 spiro atoms. The molecule has 0 saturated carbocycles. The molecule has 3 aromatic carbocycles. The van der Waals surface area contributed by atoms with E-state index in [2.05, 4.69) is 32.0 Å². The van der Waals surface area contributed by atoms with Gasteiger partial charge in [0.1, 0.15) is 0 Å². The molecular formula is C34H34N6O3. The van der Waals surface area contributed by atoms with Crippen LogP contribution in [0.5, 0.6) is 5.88 Å². The van der Waals surface area contributed by atoms with Gasteiger partial charge in [0.05, 0.1) is 40.1 Å². The van der Waals surface area contributed by atoms with Gasteiger partial charge in [0, 0.05) is 28.6 Å². The van der Waals surface area contributed by atoms with Crippen molar-refractivity contribution in [1.29, 1.82) is 0 Å². The molecule has 6 rings (SSSR count). The molecule has 9 heteroatoms. The van der Waals surface area contributed by atoms with Crippen molar-refractivity contribution < 1.29 is 10.0 Å². The maximum Gasteiger partial charge on any atom is 0.270 e. The number of aromatic amines is 2. The Morgan fingerprint density at radius 1 is 1.02 bits per heavy atom. The third kappa shape index (κ3) is 6.73. The summed E-state index contributed by atoms with van der Waals surface area (Å²) in [6.07, 6.45) is 13.3. The van der Waals surface area contributed by atoms with Crippen molar-refractivity contribution in [2.24, 2.45) is 4.99 Å². The first-order chi connectivity index (χ1) is 21.0. The van der Waals surface area contributed by atoms with Gasteiger partial charge in [-0.3, -0.25) is 10.1 Å². The van der Waals surface area contributed by atoms with Crippen molar-refractivity contribution in [2.45, 2.75) is 32.1 Å². The minimum absolute atomic E-state index is 0.0513. The monoisotopic (exact) mass is 574 g/mol. The molecule has 0 radical (unpaired) electrons. The number of rotatable bonds is 10. The highest BCUT2D eigenvalue weighted by molar-refractivity contribution is 6.22. The summed E-state index contributed by atoms with van der Waals surface area (Å²) in [4.78, 5) is 28.7. The molecule has 1 aliphatic rings. The van der Waals surface area contributed by atoms with Crippen molar-refractivity contribution in [3.8, 4) is 5.88 Å². The topological polar surface area (TPSA) is 123 Å². The first-order valence-electron chi connectivity index (χ1n) is 14.7. The van der Waals surface area contributed by atoms with Gasteiger partial charge in [0.2, 0.25) is 0 Å². The summed E-state index contributed by atoms with van der Waals surface area (Å²) in [7, 11) is 0. The molecule has 0 amide bonds. The number of non-ortho nitro benzene ring substituents is 1. The molecule has 0 atom stereocenters. The Hall–Kier alpha value is -5.02. The van der Waals surface area contributed by atoms with Crippen LogP contribution in [0.15, 0.2) is 84.2 Å². The Morgan fingerprint density at radius 3 is 2.53 bits per heavy atom. The summed E-state index contributed by atoms with van der Waals surface area (Å²) in [5.74, 6) is -0.0843. The average molecular weight is 575 g/mol. The Labute approximate surface area is 249 Å². The molecule has 43 heavy (non-hydrogen) atoms. The fourth-order valence-electron chi connectivity index (χ4n) is 5.64. The van der Waals surface area contributed by atoms with Crippen molar-refractivity contribution in [3.05, 3.63) is 117 Å². The van der Waals surface area contributed by atoms with Crippen LogP contribution in [0.25, 0.3) is 23.1 Å². The number of likely N-dealkylation sites (tertiary alicyclic amines) is 1. The number of nitro groups is 1. The number of nitrogens with zero attached hydrogens (tertiary/aromatic N) is 4. The van der Waals surface area contributed by atoms with E-state index in [1.54, 1.807) is 18.6 Å². The van der Waals surface area contributed by atoms with Crippen molar-refractivity contribution >= 4 is 40.1 Å². The number of nitro benzene ring substituents is 1. The number of hydrogen-bond donors (Lipinski definition) is 3. The lowest BCUT2D eigenvalue weighted by Crippen LogP contribution is -2.30. The molecule has 5 aromatic rings. The number of aryl methyl sites for hydroxylation is 1. The molecule has 9 nitrogen and oxygen atoms in total. The van der Waals surface area contributed by atoms with Gasteiger partial charge in [0.25, 0.3) is 5.69 Å². The van der Waals surface area contributed by atoms with E-state index in [4.69, 9.17) is 4.99 Å². The number of benzene rings is 3. The zero-order chi connectivity index (χ0) is 29.6. The van der Waals surface area contributed by atoms with Gasteiger partial charge >= 0.3 is 0 Å². The van der Waals surface area contributed by atoms with E-state index in [0.717, 1.165) is 36.2 Å². The van der Waals surface area contributed by atoms with E-state index in [0.29, 0.717) is 27.9 Å². The van der Waals surface area contributed by atoms with Crippen LogP contribution >= 0.6 is 0 Å². The Balaban J connectivity index is 1.32. The number of aromatic nitrogens is 3. The molecule has 1 saturated heterocycles. The van der Waals surface area contributed by atoms with Crippen LogP contribution in [-0.2, 0) is 6.42 Å². The minimum atomic E-state index is -0.432. The molecule has 0 unspecified atom stereocenters. The molecular weight excluding hydrogens is 540 g/mol. The lowest BCUT2D eigenvalue weighted by Gasteiger charge is -2.26. The summed E-state index contributed by atoms with van der Waals surface area (Å²) < 4.78 is 0. The number of nitrogens with one attached hydrogen (secondary N) is 2. The average Bonchev–Trinajstić information content (AvgIpc) is 3.67. The maximum absolute atomic E-state index is 11.6. The zero-order valence-corrected chi connectivity index (χ0v) is 23.9. The number of fused-ring (bicyclic) bond motifs is 1. The predicted octanol–water partition coefficient (Wildman–Crippen LogP) is 7.26. The Morgan fingerprint density at radius 2 is 1.81 bits per heavy atom. The summed E-state index contributed by atoms with van der Waals surface area (Å²) in [5, 5.41) is 23.1. The SMILES string of the molecule is O=[N+]([O-])c1ccc2[nH]c(O)c(C(=Nc3ccc(C=Cc4cnc[nH]4)cc3)c3ccc(CCCN4CCCCC4)cc3)c2c1. The van der Waals surface area contributed by atoms with Gasteiger partial charge in [-0.25, -0.2) is 9.98 Å². The van der Waals surface area contributed by atoms with Crippen LogP contribution in [-0.4, -0.2) is 55.2 Å². The van der Waals surface area contributed by atoms with Gasteiger partial charge < -0.3 is 20.0 Å².